The van der Waals surface area contributed by atoms with Crippen LogP contribution in [0, 0.1) is 0 Å². The number of methoxy groups -OCH3 is 1. The van der Waals surface area contributed by atoms with Gasteiger partial charge in [-0.2, -0.15) is 0 Å². The molecule has 0 radical (unpaired) electrons. The van der Waals surface area contributed by atoms with Gasteiger partial charge in [0.2, 0.25) is 0 Å². The van der Waals surface area contributed by atoms with Crippen LogP contribution in [-0.4, -0.2) is 12.2 Å². The molecule has 3 N–H and O–H groups in total. The first-order chi connectivity index (χ1) is 9.02. The quantitative estimate of drug-likeness (QED) is 0.850. The van der Waals surface area contributed by atoms with Crippen molar-refractivity contribution in [2.24, 2.45) is 0 Å². The number of nitrogens with two attached hydrogens (primary N) is 1. The summed E-state index contributed by atoms with van der Waals surface area (Å²) in [5, 5.41) is 11.4. The van der Waals surface area contributed by atoms with Gasteiger partial charge in [0, 0.05) is 16.3 Å². The number of aliphatic hydroxyl groups excluding tert-OH is 1. The zero-order chi connectivity index (χ0) is 14.0. The van der Waals surface area contributed by atoms with Crippen molar-refractivity contribution in [3.8, 4) is 5.75 Å². The summed E-state index contributed by atoms with van der Waals surface area (Å²) < 4.78 is 5.13. The van der Waals surface area contributed by atoms with Gasteiger partial charge in [0.25, 0.3) is 0 Å². The highest BCUT2D eigenvalue weighted by Gasteiger charge is 2.15. The molecule has 0 aliphatic heterocycles. The second-order valence-corrected chi connectivity index (χ2v) is 4.91. The first kappa shape index (κ1) is 14.0. The third-order valence-corrected chi connectivity index (χ3v) is 3.38. The Bertz CT molecular complexity index is 602. The van der Waals surface area contributed by atoms with E-state index in [4.69, 9.17) is 33.7 Å². The molecule has 2 aromatic carbocycles. The largest absolute Gasteiger partial charge is 0.495 e. The lowest BCUT2D eigenvalue weighted by Crippen LogP contribution is -2.04. The van der Waals surface area contributed by atoms with Crippen LogP contribution in [0.15, 0.2) is 36.4 Å². The Balaban J connectivity index is 2.40. The molecule has 0 amide bonds. The number of nitrogen functional groups attached to an aromatic ring is 1. The Morgan fingerprint density at radius 2 is 1.89 bits per heavy atom. The van der Waals surface area contributed by atoms with Gasteiger partial charge in [0.15, 0.2) is 0 Å². The molecule has 0 fully saturated rings. The van der Waals surface area contributed by atoms with Crippen molar-refractivity contribution in [1.29, 1.82) is 0 Å². The van der Waals surface area contributed by atoms with Crippen LogP contribution in [0.1, 0.15) is 17.2 Å². The van der Waals surface area contributed by atoms with E-state index in [0.29, 0.717) is 32.6 Å². The average molecular weight is 298 g/mol. The molecule has 0 saturated carbocycles. The van der Waals surface area contributed by atoms with Gasteiger partial charge in [-0.05, 0) is 29.8 Å². The van der Waals surface area contributed by atoms with Crippen LogP contribution in [0.3, 0.4) is 0 Å². The summed E-state index contributed by atoms with van der Waals surface area (Å²) >= 11 is 11.8. The number of halogens is 2. The zero-order valence-electron chi connectivity index (χ0n) is 10.2. The van der Waals surface area contributed by atoms with Crippen molar-refractivity contribution in [2.45, 2.75) is 6.10 Å². The minimum absolute atomic E-state index is 0.439. The maximum atomic E-state index is 10.4. The van der Waals surface area contributed by atoms with E-state index in [1.165, 1.54) is 7.11 Å². The molecule has 1 unspecified atom stereocenters. The van der Waals surface area contributed by atoms with Crippen LogP contribution in [0.4, 0.5) is 5.69 Å². The fraction of sp³-hybridized carbons (Fsp3) is 0.143. The van der Waals surface area contributed by atoms with E-state index in [1.807, 2.05) is 0 Å². The van der Waals surface area contributed by atoms with E-state index in [2.05, 4.69) is 0 Å². The van der Waals surface area contributed by atoms with E-state index >= 15 is 0 Å². The second kappa shape index (κ2) is 5.70. The summed E-state index contributed by atoms with van der Waals surface area (Å²) in [6, 6.07) is 10.1. The number of ether oxygens (including phenoxy) is 1. The Hall–Kier alpha value is -1.42. The van der Waals surface area contributed by atoms with Crippen LogP contribution >= 0.6 is 23.2 Å². The molecule has 19 heavy (non-hydrogen) atoms. The fourth-order valence-electron chi connectivity index (χ4n) is 1.82. The van der Waals surface area contributed by atoms with Crippen molar-refractivity contribution in [2.75, 3.05) is 12.8 Å². The molecule has 5 heteroatoms. The summed E-state index contributed by atoms with van der Waals surface area (Å²) in [5.41, 5.74) is 7.54. The Labute approximate surface area is 121 Å². The number of aliphatic hydroxyl groups is 1. The van der Waals surface area contributed by atoms with Crippen LogP contribution in [0.25, 0.3) is 0 Å². The van der Waals surface area contributed by atoms with E-state index in [-0.39, 0.29) is 0 Å². The fourth-order valence-corrected chi connectivity index (χ4v) is 2.20. The highest BCUT2D eigenvalue weighted by molar-refractivity contribution is 6.32. The summed E-state index contributed by atoms with van der Waals surface area (Å²) in [6.07, 6.45) is -0.858. The lowest BCUT2D eigenvalue weighted by molar-refractivity contribution is 0.220. The van der Waals surface area contributed by atoms with E-state index < -0.39 is 6.10 Å². The van der Waals surface area contributed by atoms with Crippen LogP contribution in [-0.2, 0) is 0 Å². The molecule has 0 aliphatic rings. The highest BCUT2D eigenvalue weighted by Crippen LogP contribution is 2.33. The number of hydrogen-bond acceptors (Lipinski definition) is 3. The molecule has 0 spiro atoms. The molecule has 2 aromatic rings. The topological polar surface area (TPSA) is 55.5 Å². The van der Waals surface area contributed by atoms with Crippen molar-refractivity contribution >= 4 is 28.9 Å². The van der Waals surface area contributed by atoms with Gasteiger partial charge >= 0.3 is 0 Å². The van der Waals surface area contributed by atoms with Gasteiger partial charge in [0.1, 0.15) is 11.9 Å². The van der Waals surface area contributed by atoms with Crippen molar-refractivity contribution in [3.05, 3.63) is 57.6 Å². The number of benzene rings is 2. The molecular weight excluding hydrogens is 285 g/mol. The predicted octanol–water partition coefficient (Wildman–Crippen LogP) is 3.67. The minimum Gasteiger partial charge on any atom is -0.495 e. The summed E-state index contributed by atoms with van der Waals surface area (Å²) in [7, 11) is 1.52. The lowest BCUT2D eigenvalue weighted by atomic mass is 10.00. The third kappa shape index (κ3) is 2.95. The standard InChI is InChI=1S/C14H13Cl2NO2/c1-19-13-6-8(2-5-11(13)16)14(18)10-4-3-9(15)7-12(10)17/h2-7,14,18H,17H2,1H3. The average Bonchev–Trinajstić information content (AvgIpc) is 2.38. The molecule has 0 aromatic heterocycles. The highest BCUT2D eigenvalue weighted by atomic mass is 35.5. The smallest absolute Gasteiger partial charge is 0.137 e. The monoisotopic (exact) mass is 297 g/mol. The molecule has 1 atom stereocenters. The molecule has 100 valence electrons. The van der Waals surface area contributed by atoms with Crippen LogP contribution in [0.5, 0.6) is 5.75 Å². The van der Waals surface area contributed by atoms with Gasteiger partial charge in [0.05, 0.1) is 12.1 Å². The Morgan fingerprint density at radius 1 is 1.16 bits per heavy atom. The first-order valence-corrected chi connectivity index (χ1v) is 6.35. The number of hydrogen-bond donors (Lipinski definition) is 2. The zero-order valence-corrected chi connectivity index (χ0v) is 11.7. The van der Waals surface area contributed by atoms with Gasteiger partial charge in [-0.3, -0.25) is 0 Å². The first-order valence-electron chi connectivity index (χ1n) is 5.59. The predicted molar refractivity (Wildman–Crippen MR) is 77.9 cm³/mol. The molecule has 2 rings (SSSR count). The van der Waals surface area contributed by atoms with Crippen molar-refractivity contribution in [3.63, 3.8) is 0 Å². The van der Waals surface area contributed by atoms with E-state index in [1.54, 1.807) is 36.4 Å². The maximum absolute atomic E-state index is 10.4. The normalized spacial score (nSPS) is 12.2. The minimum atomic E-state index is -0.858. The molecule has 0 bridgehead atoms. The van der Waals surface area contributed by atoms with Crippen molar-refractivity contribution < 1.29 is 9.84 Å². The maximum Gasteiger partial charge on any atom is 0.137 e. The van der Waals surface area contributed by atoms with Gasteiger partial charge in [-0.1, -0.05) is 35.3 Å². The number of anilines is 1. The van der Waals surface area contributed by atoms with E-state index in [9.17, 15) is 5.11 Å². The third-order valence-electron chi connectivity index (χ3n) is 2.83. The molecule has 0 saturated heterocycles. The second-order valence-electron chi connectivity index (χ2n) is 4.07. The lowest BCUT2D eigenvalue weighted by Gasteiger charge is -2.15. The summed E-state index contributed by atoms with van der Waals surface area (Å²) in [5.74, 6) is 0.505. The molecule has 0 aliphatic carbocycles. The number of rotatable bonds is 3. The van der Waals surface area contributed by atoms with Gasteiger partial charge in [-0.15, -0.1) is 0 Å². The summed E-state index contributed by atoms with van der Waals surface area (Å²) in [6.45, 7) is 0. The van der Waals surface area contributed by atoms with Crippen LogP contribution < -0.4 is 10.5 Å². The van der Waals surface area contributed by atoms with E-state index in [0.717, 1.165) is 0 Å². The van der Waals surface area contributed by atoms with Gasteiger partial charge < -0.3 is 15.6 Å². The van der Waals surface area contributed by atoms with Crippen LogP contribution in [0.2, 0.25) is 10.0 Å². The van der Waals surface area contributed by atoms with Gasteiger partial charge in [-0.25, -0.2) is 0 Å². The molecule has 0 heterocycles. The van der Waals surface area contributed by atoms with Crippen molar-refractivity contribution in [1.82, 2.24) is 0 Å². The molecule has 3 nitrogen and oxygen atoms in total. The Morgan fingerprint density at radius 3 is 2.53 bits per heavy atom. The Kier molecular flexibility index (Phi) is 4.20. The molecular formula is C14H13Cl2NO2. The SMILES string of the molecule is COc1cc(C(O)c2ccc(Cl)cc2N)ccc1Cl. The summed E-state index contributed by atoms with van der Waals surface area (Å²) in [4.78, 5) is 0.